The molecule has 10 atom stereocenters. The molecule has 0 aromatic carbocycles. The summed E-state index contributed by atoms with van der Waals surface area (Å²) in [7, 11) is 0. The molecule has 23 heavy (non-hydrogen) atoms. The summed E-state index contributed by atoms with van der Waals surface area (Å²) >= 11 is 0.708. The summed E-state index contributed by atoms with van der Waals surface area (Å²) in [5.41, 5.74) is -1.19. The summed E-state index contributed by atoms with van der Waals surface area (Å²) in [6.45, 7) is -1.21. The van der Waals surface area contributed by atoms with Gasteiger partial charge >= 0.3 is 0 Å². The minimum atomic E-state index is -1.65. The highest BCUT2D eigenvalue weighted by molar-refractivity contribution is 8.00. The molecule has 2 aliphatic heterocycles. The molecule has 10 nitrogen and oxygen atoms in total. The topological polar surface area (TPSA) is 180 Å². The average molecular weight is 358 g/mol. The van der Waals surface area contributed by atoms with Gasteiger partial charge in [-0.15, -0.1) is 11.8 Å². The van der Waals surface area contributed by atoms with Crippen molar-refractivity contribution < 1.29 is 50.3 Å². The van der Waals surface area contributed by atoms with E-state index in [2.05, 4.69) is 0 Å². The maximum atomic E-state index is 10.1. The quantitative estimate of drug-likeness (QED) is 0.242. The lowest BCUT2D eigenvalue weighted by Crippen LogP contribution is -2.61. The Morgan fingerprint density at radius 3 is 1.78 bits per heavy atom. The molecule has 2 aliphatic rings. The van der Waals surface area contributed by atoms with E-state index in [1.165, 1.54) is 0 Å². The van der Waals surface area contributed by atoms with Gasteiger partial charge in [0, 0.05) is 0 Å². The van der Waals surface area contributed by atoms with E-state index in [1.807, 2.05) is 0 Å². The van der Waals surface area contributed by atoms with Crippen molar-refractivity contribution >= 4 is 11.8 Å². The van der Waals surface area contributed by atoms with Crippen LogP contribution in [-0.4, -0.2) is 114 Å². The second-order valence-corrected chi connectivity index (χ2v) is 6.81. The molecule has 2 rings (SSSR count). The minimum Gasteiger partial charge on any atom is -0.394 e. The van der Waals surface area contributed by atoms with E-state index in [0.717, 1.165) is 0 Å². The monoisotopic (exact) mass is 358 g/mol. The van der Waals surface area contributed by atoms with Crippen molar-refractivity contribution in [3.05, 3.63) is 0 Å². The molecule has 0 aromatic heterocycles. The first-order valence-electron chi connectivity index (χ1n) is 7.08. The predicted molar refractivity (Wildman–Crippen MR) is 75.1 cm³/mol. The van der Waals surface area contributed by atoms with E-state index in [-0.39, 0.29) is 0 Å². The zero-order valence-corrected chi connectivity index (χ0v) is 12.8. The van der Waals surface area contributed by atoms with Crippen LogP contribution in [0.4, 0.5) is 0 Å². The molecule has 0 spiro atoms. The zero-order chi connectivity index (χ0) is 17.3. The van der Waals surface area contributed by atoms with Crippen LogP contribution in [0, 0.1) is 0 Å². The Morgan fingerprint density at radius 2 is 1.22 bits per heavy atom. The van der Waals surface area contributed by atoms with Crippen LogP contribution < -0.4 is 0 Å². The van der Waals surface area contributed by atoms with Crippen LogP contribution in [0.3, 0.4) is 0 Å². The molecular weight excluding hydrogens is 336 g/mol. The van der Waals surface area contributed by atoms with Crippen LogP contribution >= 0.6 is 11.8 Å². The fraction of sp³-hybridized carbons (Fsp3) is 1.00. The van der Waals surface area contributed by atoms with E-state index in [1.54, 1.807) is 0 Å². The van der Waals surface area contributed by atoms with Gasteiger partial charge in [-0.3, -0.25) is 0 Å². The van der Waals surface area contributed by atoms with Crippen LogP contribution in [0.2, 0.25) is 0 Å². The SMILES string of the molecule is OC[C@H]1O[C@@H](S[C@@H]2[C@@H](O)[C@H](O)O[C@H](CO)[C@H]2O)[C@H](O)[C@@H](O)[C@@H]1O. The number of rotatable bonds is 4. The lowest BCUT2D eigenvalue weighted by molar-refractivity contribution is -0.249. The smallest absolute Gasteiger partial charge is 0.182 e. The molecule has 0 aliphatic carbocycles. The molecule has 2 fully saturated rings. The van der Waals surface area contributed by atoms with Crippen molar-refractivity contribution in [1.29, 1.82) is 0 Å². The second-order valence-electron chi connectivity index (χ2n) is 5.53. The van der Waals surface area contributed by atoms with Crippen molar-refractivity contribution in [1.82, 2.24) is 0 Å². The van der Waals surface area contributed by atoms with E-state index >= 15 is 0 Å². The predicted octanol–water partition coefficient (Wildman–Crippen LogP) is -4.68. The van der Waals surface area contributed by atoms with Gasteiger partial charge in [0.25, 0.3) is 0 Å². The maximum Gasteiger partial charge on any atom is 0.182 e. The van der Waals surface area contributed by atoms with Crippen LogP contribution in [0.15, 0.2) is 0 Å². The maximum absolute atomic E-state index is 10.1. The van der Waals surface area contributed by atoms with Crippen molar-refractivity contribution in [2.75, 3.05) is 13.2 Å². The molecule has 2 saturated heterocycles. The Bertz CT molecular complexity index is 385. The second kappa shape index (κ2) is 7.89. The third-order valence-electron chi connectivity index (χ3n) is 3.98. The van der Waals surface area contributed by atoms with Gasteiger partial charge in [0.2, 0.25) is 0 Å². The van der Waals surface area contributed by atoms with Crippen LogP contribution in [0.1, 0.15) is 0 Å². The van der Waals surface area contributed by atoms with Gasteiger partial charge in [-0.1, -0.05) is 0 Å². The number of ether oxygens (including phenoxy) is 2. The summed E-state index contributed by atoms with van der Waals surface area (Å²) < 4.78 is 10.1. The third-order valence-corrected chi connectivity index (χ3v) is 5.51. The zero-order valence-electron chi connectivity index (χ0n) is 12.0. The molecule has 0 amide bonds. The van der Waals surface area contributed by atoms with Gasteiger partial charge in [0.15, 0.2) is 6.29 Å². The van der Waals surface area contributed by atoms with Gasteiger partial charge in [0.1, 0.15) is 42.1 Å². The fourth-order valence-electron chi connectivity index (χ4n) is 2.56. The molecule has 0 aromatic rings. The molecule has 0 unspecified atom stereocenters. The Balaban J connectivity index is 2.11. The number of thioether (sulfide) groups is 1. The summed E-state index contributed by atoms with van der Waals surface area (Å²) in [6.07, 6.45) is -11.5. The van der Waals surface area contributed by atoms with Crippen LogP contribution in [-0.2, 0) is 9.47 Å². The Kier molecular flexibility index (Phi) is 6.61. The highest BCUT2D eigenvalue weighted by atomic mass is 32.2. The third kappa shape index (κ3) is 3.80. The molecular formula is C12H22O10S. The summed E-state index contributed by atoms with van der Waals surface area (Å²) in [6, 6.07) is 0. The Morgan fingerprint density at radius 1 is 0.652 bits per heavy atom. The van der Waals surface area contributed by atoms with Gasteiger partial charge in [-0.05, 0) is 0 Å². The van der Waals surface area contributed by atoms with Gasteiger partial charge in [-0.2, -0.15) is 0 Å². The molecule has 0 bridgehead atoms. The minimum absolute atomic E-state index is 0.601. The van der Waals surface area contributed by atoms with E-state index in [4.69, 9.17) is 19.7 Å². The summed E-state index contributed by atoms with van der Waals surface area (Å²) in [5, 5.41) is 76.2. The standard InChI is InChI=1S/C12H22O10S/c13-1-3-5(15)7(17)8(18)12(22-3)23-10-6(16)4(2-14)21-11(20)9(10)19/h3-20H,1-2H2/t3-,4-,5-,6-,7+,8-,9-,10+,11-,12+/m1/s1. The van der Waals surface area contributed by atoms with Crippen LogP contribution in [0.5, 0.6) is 0 Å². The number of hydrogen-bond acceptors (Lipinski definition) is 11. The Labute approximate surface area is 135 Å². The number of aliphatic hydroxyl groups excluding tert-OH is 8. The van der Waals surface area contributed by atoms with Gasteiger partial charge < -0.3 is 50.3 Å². The molecule has 0 radical (unpaired) electrons. The van der Waals surface area contributed by atoms with Crippen molar-refractivity contribution in [2.24, 2.45) is 0 Å². The molecule has 0 saturated carbocycles. The fourth-order valence-corrected chi connectivity index (χ4v) is 4.03. The first-order chi connectivity index (χ1) is 10.8. The summed E-state index contributed by atoms with van der Waals surface area (Å²) in [4.78, 5) is 0. The highest BCUT2D eigenvalue weighted by Crippen LogP contribution is 2.37. The summed E-state index contributed by atoms with van der Waals surface area (Å²) in [5.74, 6) is 0. The lowest BCUT2D eigenvalue weighted by atomic mass is 10.0. The largest absolute Gasteiger partial charge is 0.394 e. The lowest BCUT2D eigenvalue weighted by Gasteiger charge is -2.44. The van der Waals surface area contributed by atoms with E-state index < -0.39 is 72.9 Å². The molecule has 2 heterocycles. The first-order valence-corrected chi connectivity index (χ1v) is 8.02. The first kappa shape index (κ1) is 19.3. The van der Waals surface area contributed by atoms with Gasteiger partial charge in [-0.25, -0.2) is 0 Å². The number of hydrogen-bond donors (Lipinski definition) is 8. The molecule has 8 N–H and O–H groups in total. The number of aliphatic hydroxyl groups is 8. The van der Waals surface area contributed by atoms with Gasteiger partial charge in [0.05, 0.1) is 24.6 Å². The van der Waals surface area contributed by atoms with Crippen molar-refractivity contribution in [2.45, 2.75) is 59.7 Å². The average Bonchev–Trinajstić information content (AvgIpc) is 2.54. The van der Waals surface area contributed by atoms with Crippen LogP contribution in [0.25, 0.3) is 0 Å². The van der Waals surface area contributed by atoms with Crippen molar-refractivity contribution in [3.8, 4) is 0 Å². The normalized spacial score (nSPS) is 51.7. The molecule has 11 heteroatoms. The Hall–Kier alpha value is -0.0500. The van der Waals surface area contributed by atoms with Crippen molar-refractivity contribution in [3.63, 3.8) is 0 Å². The van der Waals surface area contributed by atoms with E-state index in [0.29, 0.717) is 11.8 Å². The molecule has 136 valence electrons. The van der Waals surface area contributed by atoms with E-state index in [9.17, 15) is 30.6 Å². The highest BCUT2D eigenvalue weighted by Gasteiger charge is 2.49.